The maximum Gasteiger partial charge on any atom is 0.258 e. The average molecular weight is 479 g/mol. The number of aryl methyl sites for hydroxylation is 2. The van der Waals surface area contributed by atoms with Crippen molar-refractivity contribution in [2.45, 2.75) is 49.9 Å². The van der Waals surface area contributed by atoms with Crippen LogP contribution in [-0.4, -0.2) is 30.8 Å². The number of carbonyl (C=O) groups excluding carboxylic acids is 1. The van der Waals surface area contributed by atoms with Crippen LogP contribution in [0.5, 0.6) is 0 Å². The first kappa shape index (κ1) is 22.3. The van der Waals surface area contributed by atoms with E-state index < -0.39 is 5.82 Å². The summed E-state index contributed by atoms with van der Waals surface area (Å²) in [6.07, 6.45) is 5.65. The summed E-state index contributed by atoms with van der Waals surface area (Å²) in [5, 5.41) is 15.9. The summed E-state index contributed by atoms with van der Waals surface area (Å²) in [7, 11) is 0. The number of halogens is 1. The molecule has 0 radical (unpaired) electrons. The maximum atomic E-state index is 14.8. The lowest BCUT2D eigenvalue weighted by Crippen LogP contribution is -2.14. The smallest absolute Gasteiger partial charge is 0.258 e. The van der Waals surface area contributed by atoms with Crippen molar-refractivity contribution in [2.75, 3.05) is 5.32 Å². The first-order valence-corrected chi connectivity index (χ1v) is 12.1. The molecule has 0 fully saturated rings. The van der Waals surface area contributed by atoms with Gasteiger partial charge >= 0.3 is 0 Å². The Bertz CT molecular complexity index is 1330. The molecule has 5 rings (SSSR count). The lowest BCUT2D eigenvalue weighted by atomic mass is 10.1. The highest BCUT2D eigenvalue weighted by atomic mass is 32.2. The van der Waals surface area contributed by atoms with Gasteiger partial charge in [-0.25, -0.2) is 9.37 Å². The third kappa shape index (κ3) is 4.72. The van der Waals surface area contributed by atoms with Crippen LogP contribution in [0.1, 0.15) is 46.9 Å². The van der Waals surface area contributed by atoms with Crippen molar-refractivity contribution >= 4 is 23.4 Å². The molecule has 8 nitrogen and oxygen atoms in total. The number of fused-ring (bicyclic) bond motifs is 1. The molecule has 0 unspecified atom stereocenters. The zero-order chi connectivity index (χ0) is 23.5. The van der Waals surface area contributed by atoms with Gasteiger partial charge in [0, 0.05) is 36.7 Å². The lowest BCUT2D eigenvalue weighted by molar-refractivity contribution is 0.102. The van der Waals surface area contributed by atoms with Crippen LogP contribution in [0.15, 0.2) is 52.1 Å². The van der Waals surface area contributed by atoms with Crippen LogP contribution in [0, 0.1) is 12.7 Å². The van der Waals surface area contributed by atoms with Gasteiger partial charge in [-0.3, -0.25) is 4.79 Å². The molecule has 4 aromatic rings. The topological polar surface area (TPSA) is 98.7 Å². The molecule has 1 aliphatic heterocycles. The first-order chi connectivity index (χ1) is 16.6. The largest absolute Gasteiger partial charge is 0.361 e. The van der Waals surface area contributed by atoms with Crippen molar-refractivity contribution in [3.8, 4) is 11.4 Å². The molecule has 1 aromatic carbocycles. The zero-order valence-electron chi connectivity index (χ0n) is 18.6. The van der Waals surface area contributed by atoms with Crippen LogP contribution in [0.4, 0.5) is 10.1 Å². The van der Waals surface area contributed by atoms with E-state index in [2.05, 4.69) is 25.7 Å². The third-order valence-electron chi connectivity index (χ3n) is 5.62. The Labute approximate surface area is 200 Å². The van der Waals surface area contributed by atoms with Crippen molar-refractivity contribution in [3.05, 3.63) is 71.3 Å². The summed E-state index contributed by atoms with van der Waals surface area (Å²) >= 11 is 1.40. The standard InChI is InChI=1S/C24H23FN6O2S/c1-15-12-17(30-33-15)14-34-24-18(6-5-10-26-24)23(32)27-16-8-9-20(25)19(13-16)22-29-28-21-7-3-2-4-11-31(21)22/h5-6,8-10,12-13H,2-4,7,11,14H2,1H3,(H,27,32). The number of aromatic nitrogens is 5. The summed E-state index contributed by atoms with van der Waals surface area (Å²) in [5.74, 6) is 1.88. The first-order valence-electron chi connectivity index (χ1n) is 11.1. The fourth-order valence-corrected chi connectivity index (χ4v) is 4.84. The van der Waals surface area contributed by atoms with Crippen molar-refractivity contribution < 1.29 is 13.7 Å². The van der Waals surface area contributed by atoms with Crippen molar-refractivity contribution in [3.63, 3.8) is 0 Å². The Balaban J connectivity index is 1.37. The average Bonchev–Trinajstić information content (AvgIpc) is 3.37. The number of benzene rings is 1. The van der Waals surface area contributed by atoms with E-state index in [0.29, 0.717) is 33.4 Å². The monoisotopic (exact) mass is 478 g/mol. The van der Waals surface area contributed by atoms with Gasteiger partial charge in [-0.05, 0) is 50.1 Å². The predicted octanol–water partition coefficient (Wildman–Crippen LogP) is 5.05. The van der Waals surface area contributed by atoms with E-state index in [0.717, 1.165) is 49.5 Å². The van der Waals surface area contributed by atoms with Gasteiger partial charge in [0.2, 0.25) is 0 Å². The van der Waals surface area contributed by atoms with Crippen LogP contribution in [-0.2, 0) is 18.7 Å². The number of carbonyl (C=O) groups is 1. The summed E-state index contributed by atoms with van der Waals surface area (Å²) in [4.78, 5) is 17.4. The van der Waals surface area contributed by atoms with Crippen molar-refractivity contribution in [1.82, 2.24) is 24.9 Å². The van der Waals surface area contributed by atoms with E-state index in [1.165, 1.54) is 23.9 Å². The van der Waals surface area contributed by atoms with Crippen molar-refractivity contribution in [2.24, 2.45) is 0 Å². The van der Waals surface area contributed by atoms with Gasteiger partial charge < -0.3 is 14.4 Å². The van der Waals surface area contributed by atoms with E-state index in [1.807, 2.05) is 17.6 Å². The second kappa shape index (κ2) is 9.76. The van der Waals surface area contributed by atoms with E-state index in [-0.39, 0.29) is 5.91 Å². The molecule has 0 saturated heterocycles. The molecule has 1 aliphatic rings. The Morgan fingerprint density at radius 1 is 1.21 bits per heavy atom. The summed E-state index contributed by atoms with van der Waals surface area (Å²) in [6, 6.07) is 9.76. The molecule has 0 spiro atoms. The van der Waals surface area contributed by atoms with Gasteiger partial charge in [0.1, 0.15) is 22.4 Å². The summed E-state index contributed by atoms with van der Waals surface area (Å²) in [5.41, 5.74) is 1.99. The van der Waals surface area contributed by atoms with Gasteiger partial charge in [0.25, 0.3) is 5.91 Å². The van der Waals surface area contributed by atoms with Crippen LogP contribution < -0.4 is 5.32 Å². The molecule has 0 atom stereocenters. The number of pyridine rings is 1. The molecule has 0 saturated carbocycles. The number of anilines is 1. The molecular weight excluding hydrogens is 455 g/mol. The molecular formula is C24H23FN6O2S. The molecule has 0 bridgehead atoms. The molecule has 3 aromatic heterocycles. The normalized spacial score (nSPS) is 13.4. The lowest BCUT2D eigenvalue weighted by Gasteiger charge is -2.11. The highest BCUT2D eigenvalue weighted by Crippen LogP contribution is 2.29. The summed E-state index contributed by atoms with van der Waals surface area (Å²) < 4.78 is 21.9. The molecule has 4 heterocycles. The number of nitrogens with one attached hydrogen (secondary N) is 1. The summed E-state index contributed by atoms with van der Waals surface area (Å²) in [6.45, 7) is 2.59. The quantitative estimate of drug-likeness (QED) is 0.387. The number of rotatable bonds is 6. The fraction of sp³-hybridized carbons (Fsp3) is 0.292. The van der Waals surface area contributed by atoms with Crippen molar-refractivity contribution in [1.29, 1.82) is 0 Å². The van der Waals surface area contributed by atoms with E-state index >= 15 is 0 Å². The Kier molecular flexibility index (Phi) is 6.39. The zero-order valence-corrected chi connectivity index (χ0v) is 19.4. The van der Waals surface area contributed by atoms with Crippen LogP contribution in [0.25, 0.3) is 11.4 Å². The molecule has 1 amide bonds. The number of thioether (sulfide) groups is 1. The highest BCUT2D eigenvalue weighted by molar-refractivity contribution is 7.98. The Morgan fingerprint density at radius 3 is 2.97 bits per heavy atom. The minimum Gasteiger partial charge on any atom is -0.361 e. The predicted molar refractivity (Wildman–Crippen MR) is 126 cm³/mol. The number of amides is 1. The van der Waals surface area contributed by atoms with Gasteiger partial charge in [0.15, 0.2) is 5.82 Å². The van der Waals surface area contributed by atoms with Gasteiger partial charge in [0.05, 0.1) is 16.8 Å². The third-order valence-corrected chi connectivity index (χ3v) is 6.66. The van der Waals surface area contributed by atoms with E-state index in [1.54, 1.807) is 24.4 Å². The molecule has 10 heteroatoms. The maximum absolute atomic E-state index is 14.8. The Hall–Kier alpha value is -3.53. The number of hydrogen-bond acceptors (Lipinski definition) is 7. The number of nitrogens with zero attached hydrogens (tertiary/aromatic N) is 5. The van der Waals surface area contributed by atoms with Gasteiger partial charge in [-0.2, -0.15) is 0 Å². The van der Waals surface area contributed by atoms with Gasteiger partial charge in [-0.1, -0.05) is 23.3 Å². The molecule has 34 heavy (non-hydrogen) atoms. The van der Waals surface area contributed by atoms with Crippen LogP contribution in [0.2, 0.25) is 0 Å². The minimum atomic E-state index is -0.405. The molecule has 1 N–H and O–H groups in total. The van der Waals surface area contributed by atoms with Crippen LogP contribution >= 0.6 is 11.8 Å². The fourth-order valence-electron chi connectivity index (χ4n) is 3.96. The highest BCUT2D eigenvalue weighted by Gasteiger charge is 2.20. The van der Waals surface area contributed by atoms with Crippen LogP contribution in [0.3, 0.4) is 0 Å². The Morgan fingerprint density at radius 2 is 2.12 bits per heavy atom. The second-order valence-corrected chi connectivity index (χ2v) is 9.09. The second-order valence-electron chi connectivity index (χ2n) is 8.12. The van der Waals surface area contributed by atoms with E-state index in [9.17, 15) is 9.18 Å². The minimum absolute atomic E-state index is 0.320. The van der Waals surface area contributed by atoms with E-state index in [4.69, 9.17) is 4.52 Å². The molecule has 174 valence electrons. The SMILES string of the molecule is Cc1cc(CSc2ncccc2C(=O)Nc2ccc(F)c(-c3nnc4n3CCCCC4)c2)no1. The van der Waals surface area contributed by atoms with Gasteiger partial charge in [-0.15, -0.1) is 10.2 Å². The molecule has 0 aliphatic carbocycles. The number of hydrogen-bond donors (Lipinski definition) is 1.